The van der Waals surface area contributed by atoms with Gasteiger partial charge in [0, 0.05) is 0 Å². The number of hydrogen-bond donors (Lipinski definition) is 2. The van der Waals surface area contributed by atoms with Crippen LogP contribution in [0.1, 0.15) is 5.69 Å². The average Bonchev–Trinajstić information content (AvgIpc) is 2.36. The molecule has 10 heavy (non-hydrogen) atoms. The van der Waals surface area contributed by atoms with Crippen molar-refractivity contribution in [2.24, 2.45) is 10.7 Å². The van der Waals surface area contributed by atoms with Crippen molar-refractivity contribution in [3.63, 3.8) is 0 Å². The van der Waals surface area contributed by atoms with E-state index in [9.17, 15) is 0 Å². The number of nitrogens with one attached hydrogen (secondary N) is 1. The molecule has 0 bridgehead atoms. The summed E-state index contributed by atoms with van der Waals surface area (Å²) in [5, 5.41) is 0. The summed E-state index contributed by atoms with van der Waals surface area (Å²) in [6, 6.07) is 0. The molecule has 4 nitrogen and oxygen atoms in total. The molecule has 1 heterocycles. The predicted octanol–water partition coefficient (Wildman–Crippen LogP) is 0.671. The maximum Gasteiger partial charge on any atom is 0.158 e. The van der Waals surface area contributed by atoms with Gasteiger partial charge in [0.15, 0.2) is 5.82 Å². The van der Waals surface area contributed by atoms with E-state index in [1.165, 1.54) is 6.34 Å². The van der Waals surface area contributed by atoms with E-state index in [-0.39, 0.29) is 0 Å². The molecule has 1 aromatic rings. The fraction of sp³-hybridized carbons (Fsp3) is 0. The summed E-state index contributed by atoms with van der Waals surface area (Å²) in [5.41, 5.74) is 5.78. The van der Waals surface area contributed by atoms with Gasteiger partial charge in [0.2, 0.25) is 0 Å². The third-order valence-corrected chi connectivity index (χ3v) is 1.04. The fourth-order valence-corrected chi connectivity index (χ4v) is 0.625. The molecule has 0 spiro atoms. The number of aliphatic imine (C=N–C) groups is 1. The zero-order valence-electron chi connectivity index (χ0n) is 5.41. The third kappa shape index (κ3) is 1.05. The van der Waals surface area contributed by atoms with Crippen molar-refractivity contribution in [3.05, 3.63) is 18.6 Å². The van der Waals surface area contributed by atoms with Gasteiger partial charge < -0.3 is 10.7 Å². The third-order valence-electron chi connectivity index (χ3n) is 1.04. The molecule has 0 saturated heterocycles. The zero-order chi connectivity index (χ0) is 7.40. The first-order valence-corrected chi connectivity index (χ1v) is 2.78. The zero-order valence-corrected chi connectivity index (χ0v) is 5.41. The molecule has 52 valence electrons. The molecule has 0 aromatic carbocycles. The average molecular weight is 136 g/mol. The first-order valence-electron chi connectivity index (χ1n) is 2.78. The summed E-state index contributed by atoms with van der Waals surface area (Å²) in [7, 11) is 0. The van der Waals surface area contributed by atoms with Crippen LogP contribution in [-0.2, 0) is 0 Å². The highest BCUT2D eigenvalue weighted by Crippen LogP contribution is 2.12. The van der Waals surface area contributed by atoms with Crippen LogP contribution in [0.2, 0.25) is 0 Å². The van der Waals surface area contributed by atoms with Gasteiger partial charge in [-0.05, 0) is 6.08 Å². The van der Waals surface area contributed by atoms with Crippen LogP contribution in [0.5, 0.6) is 0 Å². The van der Waals surface area contributed by atoms with Crippen LogP contribution < -0.4 is 5.73 Å². The van der Waals surface area contributed by atoms with Crippen LogP contribution in [0.25, 0.3) is 6.08 Å². The monoisotopic (exact) mass is 136 g/mol. The standard InChI is InChI=1S/C6H8N4/c1-2-5-6(8-3-7)10-4-9-5/h2-4H,1H2,(H2,7,8)(H,9,10). The van der Waals surface area contributed by atoms with E-state index in [2.05, 4.69) is 21.5 Å². The van der Waals surface area contributed by atoms with Gasteiger partial charge in [0.1, 0.15) is 5.69 Å². The number of H-pyrrole nitrogens is 1. The minimum atomic E-state index is 0.637. The Balaban J connectivity index is 3.00. The smallest absolute Gasteiger partial charge is 0.158 e. The van der Waals surface area contributed by atoms with Crippen LogP contribution in [0.3, 0.4) is 0 Å². The molecule has 0 radical (unpaired) electrons. The molecule has 1 rings (SSSR count). The summed E-state index contributed by atoms with van der Waals surface area (Å²) in [6.07, 6.45) is 4.36. The Labute approximate surface area is 58.5 Å². The van der Waals surface area contributed by atoms with E-state index in [4.69, 9.17) is 5.73 Å². The number of nitrogens with two attached hydrogens (primary N) is 1. The van der Waals surface area contributed by atoms with Gasteiger partial charge in [-0.3, -0.25) is 0 Å². The van der Waals surface area contributed by atoms with Gasteiger partial charge in [-0.25, -0.2) is 9.98 Å². The molecule has 0 atom stereocenters. The molecular weight excluding hydrogens is 128 g/mol. The summed E-state index contributed by atoms with van der Waals surface area (Å²) < 4.78 is 0. The highest BCUT2D eigenvalue weighted by atomic mass is 15.0. The molecule has 1 aromatic heterocycles. The SMILES string of the molecule is C=Cc1nc[nH]c1/N=C\N. The highest BCUT2D eigenvalue weighted by Gasteiger charge is 1.95. The van der Waals surface area contributed by atoms with Crippen molar-refractivity contribution >= 4 is 18.2 Å². The summed E-state index contributed by atoms with van der Waals surface area (Å²) in [5.74, 6) is 0.637. The topological polar surface area (TPSA) is 67.1 Å². The number of aromatic nitrogens is 2. The fourth-order valence-electron chi connectivity index (χ4n) is 0.625. The maximum absolute atomic E-state index is 5.07. The summed E-state index contributed by atoms with van der Waals surface area (Å²) >= 11 is 0. The van der Waals surface area contributed by atoms with Crippen molar-refractivity contribution in [2.75, 3.05) is 0 Å². The maximum atomic E-state index is 5.07. The number of rotatable bonds is 2. The Morgan fingerprint density at radius 1 is 1.80 bits per heavy atom. The van der Waals surface area contributed by atoms with Gasteiger partial charge in [0.25, 0.3) is 0 Å². The van der Waals surface area contributed by atoms with Crippen LogP contribution in [0.15, 0.2) is 17.9 Å². The molecule has 0 saturated carbocycles. The number of nitrogens with zero attached hydrogens (tertiary/aromatic N) is 2. The van der Waals surface area contributed by atoms with E-state index < -0.39 is 0 Å². The Bertz CT molecular complexity index is 248. The van der Waals surface area contributed by atoms with Crippen LogP contribution in [0.4, 0.5) is 5.82 Å². The Morgan fingerprint density at radius 2 is 2.60 bits per heavy atom. The van der Waals surface area contributed by atoms with E-state index in [0.29, 0.717) is 11.5 Å². The summed E-state index contributed by atoms with van der Waals surface area (Å²) in [4.78, 5) is 10.5. The Morgan fingerprint density at radius 3 is 3.20 bits per heavy atom. The van der Waals surface area contributed by atoms with Gasteiger partial charge in [-0.1, -0.05) is 6.58 Å². The Hall–Kier alpha value is -1.58. The van der Waals surface area contributed by atoms with E-state index in [0.717, 1.165) is 0 Å². The van der Waals surface area contributed by atoms with Gasteiger partial charge in [-0.15, -0.1) is 0 Å². The quantitative estimate of drug-likeness (QED) is 0.463. The van der Waals surface area contributed by atoms with E-state index in [1.54, 1.807) is 12.4 Å². The van der Waals surface area contributed by atoms with Gasteiger partial charge >= 0.3 is 0 Å². The molecule has 4 heteroatoms. The second-order valence-corrected chi connectivity index (χ2v) is 1.62. The predicted molar refractivity (Wildman–Crippen MR) is 41.0 cm³/mol. The van der Waals surface area contributed by atoms with Crippen molar-refractivity contribution in [2.45, 2.75) is 0 Å². The molecule has 0 amide bonds. The lowest BCUT2D eigenvalue weighted by atomic mass is 10.4. The lowest BCUT2D eigenvalue weighted by Crippen LogP contribution is -1.86. The first kappa shape index (κ1) is 6.54. The lowest BCUT2D eigenvalue weighted by Gasteiger charge is -1.85. The lowest BCUT2D eigenvalue weighted by molar-refractivity contribution is 1.30. The largest absolute Gasteiger partial charge is 0.390 e. The van der Waals surface area contributed by atoms with Crippen molar-refractivity contribution in [1.82, 2.24) is 9.97 Å². The second-order valence-electron chi connectivity index (χ2n) is 1.62. The van der Waals surface area contributed by atoms with Gasteiger partial charge in [-0.2, -0.15) is 0 Å². The minimum Gasteiger partial charge on any atom is -0.390 e. The second kappa shape index (κ2) is 2.82. The van der Waals surface area contributed by atoms with Crippen LogP contribution >= 0.6 is 0 Å². The van der Waals surface area contributed by atoms with Crippen LogP contribution in [-0.4, -0.2) is 16.3 Å². The van der Waals surface area contributed by atoms with Crippen molar-refractivity contribution in [1.29, 1.82) is 0 Å². The van der Waals surface area contributed by atoms with Crippen molar-refractivity contribution in [3.8, 4) is 0 Å². The van der Waals surface area contributed by atoms with Gasteiger partial charge in [0.05, 0.1) is 12.7 Å². The number of hydrogen-bond acceptors (Lipinski definition) is 2. The van der Waals surface area contributed by atoms with Crippen LogP contribution in [0, 0.1) is 0 Å². The summed E-state index contributed by atoms with van der Waals surface area (Å²) in [6.45, 7) is 3.55. The van der Waals surface area contributed by atoms with E-state index >= 15 is 0 Å². The number of aromatic amines is 1. The normalized spacial score (nSPS) is 10.4. The number of imidazole rings is 1. The molecule has 0 unspecified atom stereocenters. The first-order chi connectivity index (χ1) is 4.88. The van der Waals surface area contributed by atoms with E-state index in [1.807, 2.05) is 0 Å². The molecule has 0 aliphatic carbocycles. The minimum absolute atomic E-state index is 0.637. The van der Waals surface area contributed by atoms with Crippen molar-refractivity contribution < 1.29 is 0 Å². The molecule has 0 aliphatic heterocycles. The molecule has 0 aliphatic rings. The molecular formula is C6H8N4. The molecule has 0 fully saturated rings. The Kier molecular flexibility index (Phi) is 1.84. The molecule has 3 N–H and O–H groups in total. The highest BCUT2D eigenvalue weighted by molar-refractivity contribution is 5.63.